The van der Waals surface area contributed by atoms with E-state index >= 15 is 0 Å². The third-order valence-corrected chi connectivity index (χ3v) is 13.3. The second-order valence-corrected chi connectivity index (χ2v) is 18.0. The smallest absolute Gasteiger partial charge is 0.416 e. The zero-order chi connectivity index (χ0) is 37.3. The monoisotopic (exact) mass is 730 g/mol. The zero-order valence-corrected chi connectivity index (χ0v) is 29.0. The van der Waals surface area contributed by atoms with Crippen LogP contribution in [0.5, 0.6) is 0 Å². The maximum absolute atomic E-state index is 14.0. The number of rotatable bonds is 8. The highest BCUT2D eigenvalue weighted by Gasteiger charge is 2.44. The van der Waals surface area contributed by atoms with E-state index in [2.05, 4.69) is 0 Å². The normalized spacial score (nSPS) is 17.4. The Hall–Kier alpha value is -3.47. The number of hydrogen-bond donors (Lipinski definition) is 0. The van der Waals surface area contributed by atoms with Crippen LogP contribution >= 0.6 is 0 Å². The molecule has 7 nitrogen and oxygen atoms in total. The van der Waals surface area contributed by atoms with Gasteiger partial charge in [-0.15, -0.1) is 0 Å². The van der Waals surface area contributed by atoms with E-state index in [9.17, 15) is 49.1 Å². The second kappa shape index (κ2) is 14.4. The van der Waals surface area contributed by atoms with Gasteiger partial charge in [-0.2, -0.15) is 39.5 Å². The Balaban J connectivity index is 2.23. The van der Waals surface area contributed by atoms with Crippen LogP contribution in [0.3, 0.4) is 0 Å². The predicted octanol–water partition coefficient (Wildman–Crippen LogP) is 10.2. The Morgan fingerprint density at radius 1 is 0.878 bits per heavy atom. The summed E-state index contributed by atoms with van der Waals surface area (Å²) in [5.41, 5.74) is -5.37. The number of anilines is 1. The number of halogens is 9. The van der Waals surface area contributed by atoms with Crippen molar-refractivity contribution in [3.8, 4) is 0 Å². The number of amides is 2. The first-order valence-corrected chi connectivity index (χ1v) is 18.2. The summed E-state index contributed by atoms with van der Waals surface area (Å²) in [4.78, 5) is 28.5. The summed E-state index contributed by atoms with van der Waals surface area (Å²) in [6.45, 7) is 10.6. The van der Waals surface area contributed by atoms with Gasteiger partial charge in [0.25, 0.3) is 0 Å². The minimum absolute atomic E-state index is 0.0762. The molecule has 0 spiro atoms. The van der Waals surface area contributed by atoms with Crippen LogP contribution in [0, 0.1) is 0 Å². The Kier molecular flexibility index (Phi) is 11.7. The first-order valence-electron chi connectivity index (χ1n) is 15.3. The van der Waals surface area contributed by atoms with Gasteiger partial charge in [0.15, 0.2) is 8.32 Å². The number of carbonyl (C=O) groups excluding carboxylic acids is 2. The fourth-order valence-electron chi connectivity index (χ4n) is 5.28. The Morgan fingerprint density at radius 2 is 1.43 bits per heavy atom. The topological polar surface area (TPSA) is 68.3 Å². The molecule has 0 fully saturated rings. The minimum Gasteiger partial charge on any atom is -0.453 e. The van der Waals surface area contributed by atoms with Crippen LogP contribution in [0.4, 0.5) is 54.8 Å². The van der Waals surface area contributed by atoms with Crippen LogP contribution < -0.4 is 4.90 Å². The molecular formula is C32H39F9N2O5Si. The van der Waals surface area contributed by atoms with Crippen LogP contribution in [-0.2, 0) is 39.0 Å². The molecule has 0 aromatic heterocycles. The van der Waals surface area contributed by atoms with Crippen LogP contribution in [0.2, 0.25) is 18.1 Å². The van der Waals surface area contributed by atoms with E-state index < -0.39 is 79.9 Å². The maximum atomic E-state index is 14.0. The number of methoxy groups -OCH3 is 1. The summed E-state index contributed by atoms with van der Waals surface area (Å²) >= 11 is 0. The summed E-state index contributed by atoms with van der Waals surface area (Å²) < 4.78 is 140. The van der Waals surface area contributed by atoms with Crippen molar-refractivity contribution in [2.75, 3.05) is 25.2 Å². The van der Waals surface area contributed by atoms with Crippen LogP contribution in [0.1, 0.15) is 74.4 Å². The Bertz CT molecular complexity index is 1470. The average molecular weight is 731 g/mol. The maximum Gasteiger partial charge on any atom is 0.416 e. The van der Waals surface area contributed by atoms with Gasteiger partial charge in [-0.25, -0.2) is 9.59 Å². The number of nitrogens with zero attached hydrogens (tertiary/aromatic N) is 2. The molecule has 0 bridgehead atoms. The van der Waals surface area contributed by atoms with Crippen molar-refractivity contribution in [2.45, 2.75) is 95.8 Å². The van der Waals surface area contributed by atoms with Gasteiger partial charge in [0.1, 0.15) is 0 Å². The molecule has 49 heavy (non-hydrogen) atoms. The first kappa shape index (κ1) is 40.0. The van der Waals surface area contributed by atoms with Crippen molar-refractivity contribution < 1.29 is 63.0 Å². The minimum atomic E-state index is -5.19. The van der Waals surface area contributed by atoms with Crippen molar-refractivity contribution in [3.63, 3.8) is 0 Å². The summed E-state index contributed by atoms with van der Waals surface area (Å²) in [6, 6.07) is 0.916. The van der Waals surface area contributed by atoms with E-state index in [1.807, 2.05) is 33.9 Å². The molecule has 1 aliphatic rings. The van der Waals surface area contributed by atoms with Crippen molar-refractivity contribution in [2.24, 2.45) is 0 Å². The largest absolute Gasteiger partial charge is 0.453 e. The van der Waals surface area contributed by atoms with Gasteiger partial charge in [-0.3, -0.25) is 9.80 Å². The fraction of sp³-hybridized carbons (Fsp3) is 0.562. The quantitative estimate of drug-likeness (QED) is 0.200. The van der Waals surface area contributed by atoms with Gasteiger partial charge in [0, 0.05) is 19.2 Å². The second-order valence-electron chi connectivity index (χ2n) is 13.2. The number of carbonyl (C=O) groups is 2. The number of alkyl halides is 9. The molecule has 0 N–H and O–H groups in total. The number of fused-ring (bicyclic) bond motifs is 1. The highest BCUT2D eigenvalue weighted by molar-refractivity contribution is 6.74. The van der Waals surface area contributed by atoms with Gasteiger partial charge in [-0.05, 0) is 85.4 Å². The lowest BCUT2D eigenvalue weighted by Gasteiger charge is -2.44. The molecular weight excluding hydrogens is 691 g/mol. The number of ether oxygens (including phenoxy) is 2. The Labute approximate surface area is 279 Å². The van der Waals surface area contributed by atoms with E-state index in [4.69, 9.17) is 13.9 Å². The van der Waals surface area contributed by atoms with Gasteiger partial charge >= 0.3 is 30.7 Å². The van der Waals surface area contributed by atoms with E-state index in [1.54, 1.807) is 0 Å². The van der Waals surface area contributed by atoms with Crippen molar-refractivity contribution in [3.05, 3.63) is 64.2 Å². The highest BCUT2D eigenvalue weighted by Crippen LogP contribution is 2.46. The van der Waals surface area contributed by atoms with Gasteiger partial charge in [0.05, 0.1) is 42.1 Å². The summed E-state index contributed by atoms with van der Waals surface area (Å²) in [5.74, 6) is 0. The molecule has 1 heterocycles. The number of benzene rings is 2. The van der Waals surface area contributed by atoms with E-state index in [-0.39, 0.29) is 48.4 Å². The standard InChI is InChI=1S/C32H39F9N2O5Si/c1-8-47-28(45)43-23(11-12-48-49(6,7)29(2,3)4)17-26(24-16-20(30(33,34)35)9-10-25(24)43)42(27(44)46-5)18-19-13-21(31(36,37)38)15-22(14-19)32(39,40)41/h9-10,13-16,23,26H,8,11-12,17-18H2,1-7H3. The van der Waals surface area contributed by atoms with Crippen LogP contribution in [0.25, 0.3) is 0 Å². The van der Waals surface area contributed by atoms with Gasteiger partial charge in [-0.1, -0.05) is 20.8 Å². The van der Waals surface area contributed by atoms with E-state index in [0.717, 1.165) is 29.0 Å². The van der Waals surface area contributed by atoms with Crippen molar-refractivity contribution >= 4 is 26.2 Å². The zero-order valence-electron chi connectivity index (χ0n) is 28.0. The molecule has 274 valence electrons. The van der Waals surface area contributed by atoms with Crippen molar-refractivity contribution in [1.82, 2.24) is 4.90 Å². The molecule has 17 heteroatoms. The van der Waals surface area contributed by atoms with Crippen LogP contribution in [-0.4, -0.2) is 51.8 Å². The molecule has 0 aliphatic carbocycles. The first-order chi connectivity index (χ1) is 22.3. The lowest BCUT2D eigenvalue weighted by Crippen LogP contribution is -2.50. The van der Waals surface area contributed by atoms with Gasteiger partial charge in [0.2, 0.25) is 0 Å². The van der Waals surface area contributed by atoms with Gasteiger partial charge < -0.3 is 13.9 Å². The third kappa shape index (κ3) is 9.41. The molecule has 0 saturated heterocycles. The van der Waals surface area contributed by atoms with E-state index in [0.29, 0.717) is 18.2 Å². The SMILES string of the molecule is CCOC(=O)N1c2ccc(C(F)(F)F)cc2C(N(Cc2cc(C(F)(F)F)cc(C(F)(F)F)c2)C(=O)OC)CC1CCO[Si](C)(C)C(C)(C)C. The molecule has 3 rings (SSSR count). The molecule has 2 amide bonds. The molecule has 1 aliphatic heterocycles. The predicted molar refractivity (Wildman–Crippen MR) is 164 cm³/mol. The average Bonchev–Trinajstić information content (AvgIpc) is 2.96. The summed E-state index contributed by atoms with van der Waals surface area (Å²) in [6.07, 6.45) is -17.6. The number of hydrogen-bond acceptors (Lipinski definition) is 5. The molecule has 2 atom stereocenters. The Morgan fingerprint density at radius 3 is 1.90 bits per heavy atom. The molecule has 0 radical (unpaired) electrons. The van der Waals surface area contributed by atoms with Crippen molar-refractivity contribution in [1.29, 1.82) is 0 Å². The summed E-state index contributed by atoms with van der Waals surface area (Å²) in [5, 5.41) is -0.203. The fourth-order valence-corrected chi connectivity index (χ4v) is 6.34. The van der Waals surface area contributed by atoms with E-state index in [1.165, 1.54) is 6.92 Å². The molecule has 2 aromatic rings. The molecule has 0 saturated carbocycles. The lowest BCUT2D eigenvalue weighted by molar-refractivity contribution is -0.143. The molecule has 2 unspecified atom stereocenters. The van der Waals surface area contributed by atoms with Crippen LogP contribution in [0.15, 0.2) is 36.4 Å². The third-order valence-electron chi connectivity index (χ3n) is 8.80. The summed E-state index contributed by atoms with van der Waals surface area (Å²) in [7, 11) is -1.43. The lowest BCUT2D eigenvalue weighted by atomic mass is 9.87. The molecule has 2 aromatic carbocycles. The highest BCUT2D eigenvalue weighted by atomic mass is 28.4.